The Morgan fingerprint density at radius 1 is 1.43 bits per heavy atom. The monoisotopic (exact) mass is 285 g/mol. The minimum atomic E-state index is -0.440. The highest BCUT2D eigenvalue weighted by Gasteiger charge is 2.39. The summed E-state index contributed by atoms with van der Waals surface area (Å²) >= 11 is 0. The van der Waals surface area contributed by atoms with Crippen LogP contribution in [-0.4, -0.2) is 26.0 Å². The number of hydrogen-bond donors (Lipinski definition) is 1. The van der Waals surface area contributed by atoms with Crippen LogP contribution in [0.1, 0.15) is 32.3 Å². The number of benzene rings is 1. The smallest absolute Gasteiger partial charge is 0.232 e. The molecule has 1 fully saturated rings. The van der Waals surface area contributed by atoms with Crippen molar-refractivity contribution in [2.24, 2.45) is 11.3 Å². The van der Waals surface area contributed by atoms with Gasteiger partial charge in [-0.15, -0.1) is 0 Å². The van der Waals surface area contributed by atoms with Crippen molar-refractivity contribution in [2.75, 3.05) is 25.0 Å². The Hall–Kier alpha value is -1.86. The van der Waals surface area contributed by atoms with Crippen LogP contribution in [0.5, 0.6) is 0 Å². The second kappa shape index (κ2) is 6.28. The lowest BCUT2D eigenvalue weighted by atomic mass is 9.74. The third-order valence-corrected chi connectivity index (χ3v) is 4.56. The van der Waals surface area contributed by atoms with Crippen molar-refractivity contribution in [3.63, 3.8) is 0 Å². The number of carbonyl (C=O) groups excluding carboxylic acids is 1. The minimum absolute atomic E-state index is 0.0684. The summed E-state index contributed by atoms with van der Waals surface area (Å²) in [5, 5.41) is 12.6. The maximum atomic E-state index is 12.9. The Kier molecular flexibility index (Phi) is 4.64. The SMILES string of the molecule is CN(C(=O)C(C)(C)C1CCCNC1)c1ccccc1C#N. The molecule has 4 nitrogen and oxygen atoms in total. The number of rotatable bonds is 3. The van der Waals surface area contributed by atoms with Gasteiger partial charge in [-0.2, -0.15) is 5.26 Å². The number of hydrogen-bond acceptors (Lipinski definition) is 3. The van der Waals surface area contributed by atoms with Gasteiger partial charge in [0.2, 0.25) is 5.91 Å². The zero-order chi connectivity index (χ0) is 15.5. The molecule has 0 bridgehead atoms. The van der Waals surface area contributed by atoms with E-state index in [9.17, 15) is 10.1 Å². The van der Waals surface area contributed by atoms with Crippen molar-refractivity contribution < 1.29 is 4.79 Å². The van der Waals surface area contributed by atoms with Crippen LogP contribution in [0, 0.1) is 22.7 Å². The van der Waals surface area contributed by atoms with Gasteiger partial charge in [-0.3, -0.25) is 4.79 Å². The summed E-state index contributed by atoms with van der Waals surface area (Å²) in [5.41, 5.74) is 0.776. The summed E-state index contributed by atoms with van der Waals surface area (Å²) in [7, 11) is 1.76. The van der Waals surface area contributed by atoms with E-state index >= 15 is 0 Å². The maximum Gasteiger partial charge on any atom is 0.232 e. The molecule has 2 rings (SSSR count). The highest BCUT2D eigenvalue weighted by atomic mass is 16.2. The molecule has 0 aromatic heterocycles. The predicted octanol–water partition coefficient (Wildman–Crippen LogP) is 2.55. The van der Waals surface area contributed by atoms with Crippen LogP contribution in [0.25, 0.3) is 0 Å². The zero-order valence-corrected chi connectivity index (χ0v) is 13.0. The summed E-state index contributed by atoms with van der Waals surface area (Å²) in [6.45, 7) is 5.94. The zero-order valence-electron chi connectivity index (χ0n) is 13.0. The lowest BCUT2D eigenvalue weighted by Gasteiger charge is -2.38. The molecule has 21 heavy (non-hydrogen) atoms. The molecule has 0 saturated carbocycles. The second-order valence-electron chi connectivity index (χ2n) is 6.26. The Bertz CT molecular complexity index is 553. The lowest BCUT2D eigenvalue weighted by molar-refractivity contribution is -0.129. The molecule has 112 valence electrons. The molecular weight excluding hydrogens is 262 g/mol. The Labute approximate surface area is 126 Å². The number of carbonyl (C=O) groups is 1. The fourth-order valence-electron chi connectivity index (χ4n) is 3.04. The van der Waals surface area contributed by atoms with Gasteiger partial charge in [-0.05, 0) is 44.0 Å². The van der Waals surface area contributed by atoms with E-state index in [1.54, 1.807) is 18.0 Å². The fourth-order valence-corrected chi connectivity index (χ4v) is 3.04. The van der Waals surface area contributed by atoms with E-state index in [1.807, 2.05) is 32.0 Å². The lowest BCUT2D eigenvalue weighted by Crippen LogP contribution is -2.48. The summed E-state index contributed by atoms with van der Waals surface area (Å²) in [5.74, 6) is 0.398. The van der Waals surface area contributed by atoms with Gasteiger partial charge in [0.1, 0.15) is 6.07 Å². The second-order valence-corrected chi connectivity index (χ2v) is 6.26. The standard InChI is InChI=1S/C17H23N3O/c1-17(2,14-8-6-10-19-12-14)16(21)20(3)15-9-5-4-7-13(15)11-18/h4-5,7,9,14,19H,6,8,10,12H2,1-3H3. The average Bonchev–Trinajstić information content (AvgIpc) is 2.54. The van der Waals surface area contributed by atoms with E-state index in [2.05, 4.69) is 11.4 Å². The molecule has 1 aliphatic heterocycles. The Balaban J connectivity index is 2.23. The molecule has 1 unspecified atom stereocenters. The van der Waals surface area contributed by atoms with Crippen molar-refractivity contribution in [1.82, 2.24) is 5.32 Å². The van der Waals surface area contributed by atoms with Crippen molar-refractivity contribution in [3.8, 4) is 6.07 Å². The van der Waals surface area contributed by atoms with Crippen LogP contribution < -0.4 is 10.2 Å². The van der Waals surface area contributed by atoms with Gasteiger partial charge in [0.25, 0.3) is 0 Å². The summed E-state index contributed by atoms with van der Waals surface area (Å²) in [6, 6.07) is 9.40. The summed E-state index contributed by atoms with van der Waals surface area (Å²) < 4.78 is 0. The van der Waals surface area contributed by atoms with Crippen LogP contribution in [0.2, 0.25) is 0 Å². The van der Waals surface area contributed by atoms with E-state index in [1.165, 1.54) is 0 Å². The van der Waals surface area contributed by atoms with E-state index in [0.29, 0.717) is 17.2 Å². The van der Waals surface area contributed by atoms with Gasteiger partial charge >= 0.3 is 0 Å². The number of amides is 1. The van der Waals surface area contributed by atoms with Crippen molar-refractivity contribution in [1.29, 1.82) is 5.26 Å². The van der Waals surface area contributed by atoms with E-state index < -0.39 is 5.41 Å². The summed E-state index contributed by atoms with van der Waals surface area (Å²) in [6.07, 6.45) is 2.18. The van der Waals surface area contributed by atoms with E-state index in [4.69, 9.17) is 0 Å². The van der Waals surface area contributed by atoms with E-state index in [-0.39, 0.29) is 5.91 Å². The first kappa shape index (κ1) is 15.5. The molecule has 1 aromatic carbocycles. The number of piperidine rings is 1. The quantitative estimate of drug-likeness (QED) is 0.928. The van der Waals surface area contributed by atoms with Gasteiger partial charge in [0.15, 0.2) is 0 Å². The molecule has 1 atom stereocenters. The Morgan fingerprint density at radius 2 is 2.14 bits per heavy atom. The topological polar surface area (TPSA) is 56.1 Å². The minimum Gasteiger partial charge on any atom is -0.316 e. The first-order valence-electron chi connectivity index (χ1n) is 7.46. The molecule has 1 heterocycles. The highest BCUT2D eigenvalue weighted by molar-refractivity contribution is 5.98. The molecule has 1 amide bonds. The van der Waals surface area contributed by atoms with Gasteiger partial charge in [-0.1, -0.05) is 26.0 Å². The average molecular weight is 285 g/mol. The largest absolute Gasteiger partial charge is 0.316 e. The van der Waals surface area contributed by atoms with Crippen LogP contribution in [-0.2, 0) is 4.79 Å². The molecular formula is C17H23N3O. The highest BCUT2D eigenvalue weighted by Crippen LogP contribution is 2.35. The first-order valence-corrected chi connectivity index (χ1v) is 7.46. The maximum absolute atomic E-state index is 12.9. The van der Waals surface area contributed by atoms with Gasteiger partial charge in [0, 0.05) is 12.5 Å². The van der Waals surface area contributed by atoms with Gasteiger partial charge < -0.3 is 10.2 Å². The first-order chi connectivity index (χ1) is 9.98. The van der Waals surface area contributed by atoms with Crippen LogP contribution in [0.4, 0.5) is 5.69 Å². The van der Waals surface area contributed by atoms with Crippen LogP contribution in [0.3, 0.4) is 0 Å². The molecule has 1 aromatic rings. The van der Waals surface area contributed by atoms with Crippen LogP contribution >= 0.6 is 0 Å². The normalized spacial score (nSPS) is 18.9. The molecule has 0 radical (unpaired) electrons. The van der Waals surface area contributed by atoms with Crippen LogP contribution in [0.15, 0.2) is 24.3 Å². The van der Waals surface area contributed by atoms with Gasteiger partial charge in [0.05, 0.1) is 11.3 Å². The predicted molar refractivity (Wildman–Crippen MR) is 83.9 cm³/mol. The number of anilines is 1. The van der Waals surface area contributed by atoms with Crippen molar-refractivity contribution >= 4 is 11.6 Å². The molecule has 1 saturated heterocycles. The molecule has 1 aliphatic rings. The molecule has 4 heteroatoms. The number of para-hydroxylation sites is 1. The number of nitrogens with zero attached hydrogens (tertiary/aromatic N) is 2. The fraction of sp³-hybridized carbons (Fsp3) is 0.529. The Morgan fingerprint density at radius 3 is 2.76 bits per heavy atom. The number of nitriles is 1. The number of nitrogens with one attached hydrogen (secondary N) is 1. The van der Waals surface area contributed by atoms with E-state index in [0.717, 1.165) is 25.9 Å². The molecule has 0 spiro atoms. The molecule has 1 N–H and O–H groups in total. The van der Waals surface area contributed by atoms with Crippen molar-refractivity contribution in [3.05, 3.63) is 29.8 Å². The van der Waals surface area contributed by atoms with Crippen molar-refractivity contribution in [2.45, 2.75) is 26.7 Å². The third kappa shape index (κ3) is 3.08. The van der Waals surface area contributed by atoms with Gasteiger partial charge in [-0.25, -0.2) is 0 Å². The molecule has 0 aliphatic carbocycles. The summed E-state index contributed by atoms with van der Waals surface area (Å²) in [4.78, 5) is 14.6. The third-order valence-electron chi connectivity index (χ3n) is 4.56.